The summed E-state index contributed by atoms with van der Waals surface area (Å²) in [5.41, 5.74) is 3.76. The lowest BCUT2D eigenvalue weighted by atomic mass is 9.47. The molecular formula is C20H31O2P. The van der Waals surface area contributed by atoms with Crippen molar-refractivity contribution in [2.24, 2.45) is 28.6 Å². The fourth-order valence-electron chi connectivity index (χ4n) is 5.82. The summed E-state index contributed by atoms with van der Waals surface area (Å²) in [6, 6.07) is 0. The van der Waals surface area contributed by atoms with Crippen LogP contribution in [-0.2, 0) is 9.09 Å². The molecule has 0 bridgehead atoms. The van der Waals surface area contributed by atoms with Crippen molar-refractivity contribution in [3.63, 3.8) is 0 Å². The van der Waals surface area contributed by atoms with E-state index in [1.54, 1.807) is 11.1 Å². The molecule has 3 aliphatic rings. The second-order valence-corrected chi connectivity index (χ2v) is 9.23. The van der Waals surface area contributed by atoms with Gasteiger partial charge in [0.1, 0.15) is 0 Å². The first kappa shape index (κ1) is 17.4. The fourth-order valence-corrected chi connectivity index (χ4v) is 6.17. The van der Waals surface area contributed by atoms with Crippen LogP contribution >= 0.6 is 8.69 Å². The quantitative estimate of drug-likeness (QED) is 0.560. The molecular weight excluding hydrogens is 303 g/mol. The Bertz CT molecular complexity index is 536. The van der Waals surface area contributed by atoms with Gasteiger partial charge in [0.25, 0.3) is 0 Å². The molecule has 0 aromatic heterocycles. The average Bonchev–Trinajstić information content (AvgIpc) is 2.52. The van der Waals surface area contributed by atoms with Crippen LogP contribution in [0.2, 0.25) is 0 Å². The Morgan fingerprint density at radius 1 is 1.35 bits per heavy atom. The van der Waals surface area contributed by atoms with E-state index < -0.39 is 0 Å². The molecule has 0 spiro atoms. The predicted molar refractivity (Wildman–Crippen MR) is 95.5 cm³/mol. The van der Waals surface area contributed by atoms with Gasteiger partial charge >= 0.3 is 8.69 Å². The van der Waals surface area contributed by atoms with E-state index in [9.17, 15) is 4.57 Å². The van der Waals surface area contributed by atoms with Crippen molar-refractivity contribution in [3.8, 4) is 0 Å². The average molecular weight is 334 g/mol. The molecule has 0 amide bonds. The number of fused-ring (bicyclic) bond motifs is 3. The van der Waals surface area contributed by atoms with Crippen LogP contribution in [0, 0.1) is 28.6 Å². The minimum absolute atomic E-state index is 0.161. The summed E-state index contributed by atoms with van der Waals surface area (Å²) in [5, 5.41) is 0. The van der Waals surface area contributed by atoms with E-state index in [1.807, 2.05) is 0 Å². The van der Waals surface area contributed by atoms with Crippen LogP contribution < -0.4 is 0 Å². The second kappa shape index (κ2) is 6.45. The van der Waals surface area contributed by atoms with Crippen molar-refractivity contribution in [3.05, 3.63) is 23.3 Å². The first-order valence-electron chi connectivity index (χ1n) is 9.26. The predicted octanol–water partition coefficient (Wildman–Crippen LogP) is 6.34. The normalized spacial score (nSPS) is 40.4. The monoisotopic (exact) mass is 334 g/mol. The van der Waals surface area contributed by atoms with Crippen molar-refractivity contribution in [1.29, 1.82) is 0 Å². The van der Waals surface area contributed by atoms with Crippen LogP contribution in [0.4, 0.5) is 0 Å². The molecule has 0 saturated heterocycles. The number of hydrogen-bond acceptors (Lipinski definition) is 2. The maximum Gasteiger partial charge on any atom is 0.327 e. The van der Waals surface area contributed by atoms with E-state index in [4.69, 9.17) is 4.52 Å². The molecule has 2 nitrogen and oxygen atoms in total. The maximum atomic E-state index is 10.8. The highest BCUT2D eigenvalue weighted by molar-refractivity contribution is 7.17. The van der Waals surface area contributed by atoms with E-state index >= 15 is 0 Å². The lowest BCUT2D eigenvalue weighted by Gasteiger charge is -2.58. The minimum Gasteiger partial charge on any atom is -0.294 e. The third-order valence-corrected chi connectivity index (χ3v) is 7.39. The lowest BCUT2D eigenvalue weighted by molar-refractivity contribution is -0.0671. The highest BCUT2D eigenvalue weighted by atomic mass is 31.1. The Balaban J connectivity index is 1.92. The van der Waals surface area contributed by atoms with Gasteiger partial charge in [-0.3, -0.25) is 4.52 Å². The molecule has 0 N–H and O–H groups in total. The third-order valence-electron chi connectivity index (χ3n) is 7.15. The van der Waals surface area contributed by atoms with Gasteiger partial charge in [-0.1, -0.05) is 51.8 Å². The first-order chi connectivity index (χ1) is 10.9. The standard InChI is InChI=1S/C20H31O2P/c1-14(2)15-6-8-17-16(12-15)7-9-18-19(3,13-22-23-21)10-5-11-20(17,18)4/h7,12,14,17-18H,5-6,8-11,13H2,1-4H3/t17-,18-,19-,20+/m0/s1. The topological polar surface area (TPSA) is 26.3 Å². The van der Waals surface area contributed by atoms with Crippen LogP contribution in [-0.4, -0.2) is 6.61 Å². The van der Waals surface area contributed by atoms with Crippen LogP contribution in [0.25, 0.3) is 0 Å². The van der Waals surface area contributed by atoms with E-state index in [2.05, 4.69) is 39.8 Å². The SMILES string of the molecule is CC(C)C1=CC2=CC[C@H]3[C@](C)(COP=O)CCC[C@]3(C)[C@H]2CC1. The van der Waals surface area contributed by atoms with Crippen LogP contribution in [0.1, 0.15) is 66.2 Å². The van der Waals surface area contributed by atoms with E-state index in [-0.39, 0.29) is 14.1 Å². The summed E-state index contributed by atoms with van der Waals surface area (Å²) in [5.74, 6) is 2.02. The summed E-state index contributed by atoms with van der Waals surface area (Å²) in [7, 11) is -0.171. The van der Waals surface area contributed by atoms with Gasteiger partial charge < -0.3 is 0 Å². The molecule has 0 aromatic carbocycles. The summed E-state index contributed by atoms with van der Waals surface area (Å²) in [6.45, 7) is 10.1. The van der Waals surface area contributed by atoms with Gasteiger partial charge in [-0.05, 0) is 66.3 Å². The first-order valence-corrected chi connectivity index (χ1v) is 9.99. The van der Waals surface area contributed by atoms with Crippen molar-refractivity contribution in [2.75, 3.05) is 6.61 Å². The van der Waals surface area contributed by atoms with Gasteiger partial charge in [0, 0.05) is 0 Å². The smallest absolute Gasteiger partial charge is 0.294 e. The Hall–Kier alpha value is -0.460. The summed E-state index contributed by atoms with van der Waals surface area (Å²) < 4.78 is 16.2. The second-order valence-electron chi connectivity index (χ2n) is 8.82. The lowest BCUT2D eigenvalue weighted by Crippen LogP contribution is -2.51. The van der Waals surface area contributed by atoms with E-state index in [0.29, 0.717) is 29.8 Å². The molecule has 128 valence electrons. The van der Waals surface area contributed by atoms with Gasteiger partial charge in [-0.15, -0.1) is 0 Å². The minimum atomic E-state index is -0.171. The number of allylic oxidation sites excluding steroid dienone is 4. The molecule has 0 unspecified atom stereocenters. The molecule has 1 fully saturated rings. The van der Waals surface area contributed by atoms with Gasteiger partial charge in [0.15, 0.2) is 0 Å². The zero-order valence-corrected chi connectivity index (χ0v) is 16.0. The summed E-state index contributed by atoms with van der Waals surface area (Å²) in [4.78, 5) is 0. The molecule has 4 atom stereocenters. The van der Waals surface area contributed by atoms with Crippen LogP contribution in [0.3, 0.4) is 0 Å². The van der Waals surface area contributed by atoms with Crippen molar-refractivity contribution in [2.45, 2.75) is 66.2 Å². The summed E-state index contributed by atoms with van der Waals surface area (Å²) in [6.07, 6.45) is 12.5. The third kappa shape index (κ3) is 2.98. The van der Waals surface area contributed by atoms with Gasteiger partial charge in [-0.2, -0.15) is 0 Å². The summed E-state index contributed by atoms with van der Waals surface area (Å²) >= 11 is 0. The molecule has 3 heteroatoms. The molecule has 1 saturated carbocycles. The van der Waals surface area contributed by atoms with Crippen LogP contribution in [0.15, 0.2) is 23.3 Å². The van der Waals surface area contributed by atoms with E-state index in [1.165, 1.54) is 32.1 Å². The van der Waals surface area contributed by atoms with Crippen molar-refractivity contribution >= 4 is 8.69 Å². The molecule has 0 aromatic rings. The molecule has 3 aliphatic carbocycles. The fraction of sp³-hybridized carbons (Fsp3) is 0.800. The molecule has 0 aliphatic heterocycles. The Morgan fingerprint density at radius 2 is 2.13 bits per heavy atom. The Kier molecular flexibility index (Phi) is 4.87. The zero-order chi connectivity index (χ0) is 16.7. The van der Waals surface area contributed by atoms with Gasteiger partial charge in [0.05, 0.1) is 6.61 Å². The Labute approximate surface area is 143 Å². The van der Waals surface area contributed by atoms with Gasteiger partial charge in [-0.25, -0.2) is 4.57 Å². The van der Waals surface area contributed by atoms with Crippen molar-refractivity contribution < 1.29 is 9.09 Å². The molecule has 23 heavy (non-hydrogen) atoms. The highest BCUT2D eigenvalue weighted by Gasteiger charge is 2.54. The molecule has 0 heterocycles. The number of rotatable bonds is 4. The molecule has 0 radical (unpaired) electrons. The highest BCUT2D eigenvalue weighted by Crippen LogP contribution is 2.62. The number of hydrogen-bond donors (Lipinski definition) is 0. The van der Waals surface area contributed by atoms with Crippen LogP contribution in [0.5, 0.6) is 0 Å². The zero-order valence-electron chi connectivity index (χ0n) is 15.1. The largest absolute Gasteiger partial charge is 0.327 e. The Morgan fingerprint density at radius 3 is 2.83 bits per heavy atom. The van der Waals surface area contributed by atoms with E-state index in [0.717, 1.165) is 6.42 Å². The van der Waals surface area contributed by atoms with Gasteiger partial charge in [0.2, 0.25) is 0 Å². The molecule has 3 rings (SSSR count). The van der Waals surface area contributed by atoms with Crippen molar-refractivity contribution in [1.82, 2.24) is 0 Å². The maximum absolute atomic E-state index is 10.8.